The van der Waals surface area contributed by atoms with E-state index in [-0.39, 0.29) is 11.1 Å². The van der Waals surface area contributed by atoms with Crippen LogP contribution < -0.4 is 5.32 Å². The first kappa shape index (κ1) is 14.5. The van der Waals surface area contributed by atoms with Crippen LogP contribution in [0.25, 0.3) is 6.08 Å². The zero-order chi connectivity index (χ0) is 16.5. The van der Waals surface area contributed by atoms with Gasteiger partial charge in [-0.3, -0.25) is 4.98 Å². The second-order valence-electron chi connectivity index (χ2n) is 8.41. The van der Waals surface area contributed by atoms with Crippen molar-refractivity contribution in [3.8, 4) is 0 Å². The summed E-state index contributed by atoms with van der Waals surface area (Å²) in [5.41, 5.74) is 2.06. The first-order valence-corrected chi connectivity index (χ1v) is 8.88. The van der Waals surface area contributed by atoms with Gasteiger partial charge in [0.05, 0.1) is 17.0 Å². The lowest BCUT2D eigenvalue weighted by atomic mass is 9.51. The lowest BCUT2D eigenvalue weighted by molar-refractivity contribution is -0.127. The molecule has 3 N–H and O–H groups in total. The van der Waals surface area contributed by atoms with Gasteiger partial charge in [-0.2, -0.15) is 0 Å². The molecule has 5 aliphatic rings. The van der Waals surface area contributed by atoms with Gasteiger partial charge in [0.25, 0.3) is 0 Å². The number of anilines is 1. The molecule has 24 heavy (non-hydrogen) atoms. The van der Waals surface area contributed by atoms with E-state index in [4.69, 9.17) is 0 Å². The Morgan fingerprint density at radius 3 is 2.67 bits per heavy atom. The molecule has 2 unspecified atom stereocenters. The Labute approximate surface area is 140 Å². The predicted molar refractivity (Wildman–Crippen MR) is 89.9 cm³/mol. The number of fused-ring (bicyclic) bond motifs is 1. The standard InChI is InChI=1S/C19H22N2O3/c22-17(23)14-9-20-15-3-1-2-13(15)16(14)21-18-5-11-4-12(6-18)8-19(24,7-11)10-18/h1-2,9,11-12,24H,3-8,10H2,(H,20,21)(H,22,23). The Morgan fingerprint density at radius 1 is 1.25 bits per heavy atom. The highest BCUT2D eigenvalue weighted by atomic mass is 16.4. The molecule has 0 aromatic carbocycles. The van der Waals surface area contributed by atoms with Crippen molar-refractivity contribution in [1.29, 1.82) is 0 Å². The van der Waals surface area contributed by atoms with Crippen molar-refractivity contribution in [1.82, 2.24) is 4.98 Å². The predicted octanol–water partition coefficient (Wildman–Crippen LogP) is 2.84. The number of pyridine rings is 1. The summed E-state index contributed by atoms with van der Waals surface area (Å²) in [7, 11) is 0. The molecule has 1 aromatic rings. The quantitative estimate of drug-likeness (QED) is 0.795. The summed E-state index contributed by atoms with van der Waals surface area (Å²) in [5, 5.41) is 24.2. The molecule has 126 valence electrons. The number of rotatable bonds is 3. The number of nitrogens with one attached hydrogen (secondary N) is 1. The third-order valence-electron chi connectivity index (χ3n) is 6.45. The Bertz CT molecular complexity index is 756. The van der Waals surface area contributed by atoms with Gasteiger partial charge in [0.15, 0.2) is 0 Å². The Kier molecular flexibility index (Phi) is 2.77. The van der Waals surface area contributed by atoms with Crippen LogP contribution in [-0.2, 0) is 6.42 Å². The van der Waals surface area contributed by atoms with E-state index in [1.165, 1.54) is 12.6 Å². The summed E-state index contributed by atoms with van der Waals surface area (Å²) in [6.45, 7) is 0. The molecule has 6 rings (SSSR count). The van der Waals surface area contributed by atoms with Crippen molar-refractivity contribution in [3.63, 3.8) is 0 Å². The summed E-state index contributed by atoms with van der Waals surface area (Å²) in [4.78, 5) is 16.0. The van der Waals surface area contributed by atoms with Crippen LogP contribution in [0.5, 0.6) is 0 Å². The molecule has 1 heterocycles. The molecule has 5 nitrogen and oxygen atoms in total. The zero-order valence-corrected chi connectivity index (χ0v) is 13.6. The van der Waals surface area contributed by atoms with Crippen LogP contribution in [0.15, 0.2) is 12.3 Å². The van der Waals surface area contributed by atoms with Gasteiger partial charge < -0.3 is 15.5 Å². The number of carbonyl (C=O) groups is 1. The van der Waals surface area contributed by atoms with Crippen LogP contribution in [0.2, 0.25) is 0 Å². The number of aromatic carboxylic acids is 1. The average Bonchev–Trinajstić information content (AvgIpc) is 2.93. The number of aromatic nitrogens is 1. The van der Waals surface area contributed by atoms with Crippen molar-refractivity contribution in [3.05, 3.63) is 29.1 Å². The van der Waals surface area contributed by atoms with E-state index in [1.54, 1.807) is 0 Å². The normalized spacial score (nSPS) is 38.4. The van der Waals surface area contributed by atoms with E-state index in [2.05, 4.69) is 10.3 Å². The molecule has 0 saturated heterocycles. The highest BCUT2D eigenvalue weighted by Gasteiger charge is 2.57. The summed E-state index contributed by atoms with van der Waals surface area (Å²) in [6.07, 6.45) is 12.1. The van der Waals surface area contributed by atoms with Crippen molar-refractivity contribution in [2.24, 2.45) is 11.8 Å². The Hall–Kier alpha value is -1.88. The number of carboxylic acids is 1. The van der Waals surface area contributed by atoms with E-state index in [0.717, 1.165) is 49.8 Å². The number of carboxylic acid groups (broad SMARTS) is 1. The smallest absolute Gasteiger partial charge is 0.339 e. The summed E-state index contributed by atoms with van der Waals surface area (Å²) in [6, 6.07) is 0. The molecule has 0 aliphatic heterocycles. The van der Waals surface area contributed by atoms with E-state index in [0.29, 0.717) is 17.5 Å². The van der Waals surface area contributed by atoms with Crippen molar-refractivity contribution in [2.45, 2.75) is 56.1 Å². The third-order valence-corrected chi connectivity index (χ3v) is 6.45. The number of nitrogens with zero attached hydrogens (tertiary/aromatic N) is 1. The number of hydrogen-bond acceptors (Lipinski definition) is 4. The van der Waals surface area contributed by atoms with Gasteiger partial charge in [0.1, 0.15) is 5.56 Å². The molecule has 1 aromatic heterocycles. The van der Waals surface area contributed by atoms with Gasteiger partial charge in [0, 0.05) is 23.7 Å². The fourth-order valence-electron chi connectivity index (χ4n) is 6.12. The van der Waals surface area contributed by atoms with E-state index in [1.807, 2.05) is 12.2 Å². The highest BCUT2D eigenvalue weighted by molar-refractivity contribution is 5.97. The maximum Gasteiger partial charge on any atom is 0.339 e. The topological polar surface area (TPSA) is 82.5 Å². The monoisotopic (exact) mass is 326 g/mol. The minimum Gasteiger partial charge on any atom is -0.478 e. The van der Waals surface area contributed by atoms with Crippen LogP contribution in [0.3, 0.4) is 0 Å². The van der Waals surface area contributed by atoms with E-state index >= 15 is 0 Å². The summed E-state index contributed by atoms with van der Waals surface area (Å²) in [5.74, 6) is 0.168. The SMILES string of the molecule is O=C(O)c1cnc2c(c1NC13CC4CC(CC(O)(C4)C1)C3)C=CC2. The molecule has 5 heteroatoms. The fraction of sp³-hybridized carbons (Fsp3) is 0.579. The van der Waals surface area contributed by atoms with Crippen molar-refractivity contribution >= 4 is 17.7 Å². The van der Waals surface area contributed by atoms with Crippen LogP contribution in [0.4, 0.5) is 5.69 Å². The lowest BCUT2D eigenvalue weighted by Gasteiger charge is -2.60. The Morgan fingerprint density at radius 2 is 2.00 bits per heavy atom. The molecule has 4 saturated carbocycles. The second-order valence-corrected chi connectivity index (χ2v) is 8.41. The summed E-state index contributed by atoms with van der Waals surface area (Å²) >= 11 is 0. The van der Waals surface area contributed by atoms with Gasteiger partial charge in [-0.15, -0.1) is 0 Å². The van der Waals surface area contributed by atoms with Crippen LogP contribution in [0.1, 0.15) is 60.1 Å². The molecular formula is C19H22N2O3. The molecule has 0 spiro atoms. The minimum absolute atomic E-state index is 0.172. The molecule has 2 atom stereocenters. The first-order chi connectivity index (χ1) is 11.5. The maximum atomic E-state index is 11.7. The highest BCUT2D eigenvalue weighted by Crippen LogP contribution is 2.58. The van der Waals surface area contributed by atoms with Gasteiger partial charge in [-0.05, 0) is 50.4 Å². The molecular weight excluding hydrogens is 304 g/mol. The van der Waals surface area contributed by atoms with Gasteiger partial charge >= 0.3 is 5.97 Å². The Balaban J connectivity index is 1.58. The fourth-order valence-corrected chi connectivity index (χ4v) is 6.12. The molecule has 5 aliphatic carbocycles. The van der Waals surface area contributed by atoms with Gasteiger partial charge in [0.2, 0.25) is 0 Å². The lowest BCUT2D eigenvalue weighted by Crippen LogP contribution is -2.62. The summed E-state index contributed by atoms with van der Waals surface area (Å²) < 4.78 is 0. The number of hydrogen-bond donors (Lipinski definition) is 3. The van der Waals surface area contributed by atoms with Gasteiger partial charge in [-0.25, -0.2) is 4.79 Å². The average molecular weight is 326 g/mol. The van der Waals surface area contributed by atoms with Gasteiger partial charge in [-0.1, -0.05) is 12.2 Å². The van der Waals surface area contributed by atoms with Crippen LogP contribution in [0, 0.1) is 11.8 Å². The molecule has 0 amide bonds. The molecule has 4 fully saturated rings. The third kappa shape index (κ3) is 2.04. The molecule has 0 radical (unpaired) electrons. The number of aliphatic hydroxyl groups is 1. The van der Waals surface area contributed by atoms with Crippen molar-refractivity contribution in [2.75, 3.05) is 5.32 Å². The van der Waals surface area contributed by atoms with E-state index < -0.39 is 11.6 Å². The van der Waals surface area contributed by atoms with Crippen LogP contribution in [-0.4, -0.2) is 32.3 Å². The largest absolute Gasteiger partial charge is 0.478 e. The number of allylic oxidation sites excluding steroid dienone is 1. The van der Waals surface area contributed by atoms with Crippen molar-refractivity contribution < 1.29 is 15.0 Å². The van der Waals surface area contributed by atoms with E-state index in [9.17, 15) is 15.0 Å². The second kappa shape index (κ2) is 4.60. The minimum atomic E-state index is -0.948. The first-order valence-electron chi connectivity index (χ1n) is 8.88. The zero-order valence-electron chi connectivity index (χ0n) is 13.6. The molecule has 4 bridgehead atoms. The van der Waals surface area contributed by atoms with Crippen LogP contribution >= 0.6 is 0 Å². The maximum absolute atomic E-state index is 11.7.